The number of nitrogens with one attached hydrogen (secondary N) is 1. The number of nitrogens with zero attached hydrogens (tertiary/aromatic N) is 1. The third-order valence-corrected chi connectivity index (χ3v) is 4.69. The molecule has 0 saturated carbocycles. The maximum atomic E-state index is 3.57. The van der Waals surface area contributed by atoms with E-state index >= 15 is 0 Å². The van der Waals surface area contributed by atoms with Gasteiger partial charge in [0.15, 0.2) is 0 Å². The lowest BCUT2D eigenvalue weighted by Gasteiger charge is -2.33. The van der Waals surface area contributed by atoms with Crippen LogP contribution in [0.1, 0.15) is 42.9 Å². The molecule has 0 atom stereocenters. The van der Waals surface area contributed by atoms with Gasteiger partial charge in [0, 0.05) is 6.54 Å². The molecule has 1 N–H and O–H groups in total. The van der Waals surface area contributed by atoms with E-state index in [9.17, 15) is 0 Å². The summed E-state index contributed by atoms with van der Waals surface area (Å²) in [6.45, 7) is 4.66. The summed E-state index contributed by atoms with van der Waals surface area (Å²) in [7, 11) is 0. The van der Waals surface area contributed by atoms with E-state index in [2.05, 4.69) is 70.9 Å². The highest BCUT2D eigenvalue weighted by atomic mass is 15.2. The molecular formula is C21H28N2. The van der Waals surface area contributed by atoms with E-state index < -0.39 is 0 Å². The molecule has 2 heteroatoms. The Labute approximate surface area is 140 Å². The van der Waals surface area contributed by atoms with Crippen LogP contribution in [0.2, 0.25) is 0 Å². The average Bonchev–Trinajstić information content (AvgIpc) is 2.62. The first-order chi connectivity index (χ1) is 11.4. The van der Waals surface area contributed by atoms with Gasteiger partial charge in [-0.3, -0.25) is 4.90 Å². The Bertz CT molecular complexity index is 503. The zero-order chi connectivity index (χ0) is 15.7. The summed E-state index contributed by atoms with van der Waals surface area (Å²) in [6.07, 6.45) is 5.13. The van der Waals surface area contributed by atoms with Crippen LogP contribution in [-0.2, 0) is 0 Å². The predicted molar refractivity (Wildman–Crippen MR) is 97.6 cm³/mol. The minimum atomic E-state index is 0.372. The summed E-state index contributed by atoms with van der Waals surface area (Å²) in [5, 5.41) is 3.57. The third kappa shape index (κ3) is 4.66. The maximum Gasteiger partial charge on any atom is 0.0601 e. The zero-order valence-corrected chi connectivity index (χ0v) is 14.0. The summed E-state index contributed by atoms with van der Waals surface area (Å²) in [5.74, 6) is 0. The van der Waals surface area contributed by atoms with Crippen LogP contribution in [0.3, 0.4) is 0 Å². The van der Waals surface area contributed by atoms with Crippen molar-refractivity contribution in [3.8, 4) is 0 Å². The minimum absolute atomic E-state index is 0.372. The fourth-order valence-electron chi connectivity index (χ4n) is 3.53. The van der Waals surface area contributed by atoms with Gasteiger partial charge >= 0.3 is 0 Å². The average molecular weight is 308 g/mol. The van der Waals surface area contributed by atoms with E-state index in [0.717, 1.165) is 13.1 Å². The Hall–Kier alpha value is -1.64. The lowest BCUT2D eigenvalue weighted by Crippen LogP contribution is -2.34. The highest BCUT2D eigenvalue weighted by Crippen LogP contribution is 2.29. The van der Waals surface area contributed by atoms with Crippen LogP contribution in [0.4, 0.5) is 0 Å². The Morgan fingerprint density at radius 1 is 0.652 bits per heavy atom. The Morgan fingerprint density at radius 2 is 1.22 bits per heavy atom. The number of rotatable bonds is 3. The van der Waals surface area contributed by atoms with Crippen molar-refractivity contribution < 1.29 is 0 Å². The van der Waals surface area contributed by atoms with Gasteiger partial charge in [0.2, 0.25) is 0 Å². The molecular weight excluding hydrogens is 280 g/mol. The fourth-order valence-corrected chi connectivity index (χ4v) is 3.53. The second-order valence-corrected chi connectivity index (χ2v) is 6.42. The largest absolute Gasteiger partial charge is 0.317 e. The van der Waals surface area contributed by atoms with E-state index in [1.165, 1.54) is 49.9 Å². The van der Waals surface area contributed by atoms with Crippen molar-refractivity contribution in [3.05, 3.63) is 71.8 Å². The Kier molecular flexibility index (Phi) is 6.25. The molecule has 0 bridgehead atoms. The molecule has 0 aromatic heterocycles. The van der Waals surface area contributed by atoms with Gasteiger partial charge in [0.1, 0.15) is 0 Å². The quantitative estimate of drug-likeness (QED) is 0.912. The normalized spacial score (nSPS) is 18.0. The van der Waals surface area contributed by atoms with E-state index in [1.807, 2.05) is 0 Å². The van der Waals surface area contributed by atoms with Crippen LogP contribution in [0.5, 0.6) is 0 Å². The van der Waals surface area contributed by atoms with E-state index in [0.29, 0.717) is 6.04 Å². The lowest BCUT2D eigenvalue weighted by molar-refractivity contribution is 0.213. The van der Waals surface area contributed by atoms with Gasteiger partial charge in [-0.1, -0.05) is 67.1 Å². The van der Waals surface area contributed by atoms with Gasteiger partial charge in [-0.2, -0.15) is 0 Å². The van der Waals surface area contributed by atoms with Crippen molar-refractivity contribution >= 4 is 0 Å². The SMILES string of the molecule is c1ccc(C(c2ccccc2)N2CCCCCNCCC2)cc1. The highest BCUT2D eigenvalue weighted by molar-refractivity contribution is 5.31. The molecule has 2 aromatic rings. The van der Waals surface area contributed by atoms with Crippen LogP contribution in [0.25, 0.3) is 0 Å². The molecule has 23 heavy (non-hydrogen) atoms. The van der Waals surface area contributed by atoms with Crippen LogP contribution in [-0.4, -0.2) is 31.1 Å². The van der Waals surface area contributed by atoms with E-state index in [1.54, 1.807) is 0 Å². The van der Waals surface area contributed by atoms with Gasteiger partial charge in [0.05, 0.1) is 6.04 Å². The monoisotopic (exact) mass is 308 g/mol. The number of hydrogen-bond acceptors (Lipinski definition) is 2. The van der Waals surface area contributed by atoms with Crippen molar-refractivity contribution in [1.29, 1.82) is 0 Å². The molecule has 0 radical (unpaired) electrons. The van der Waals surface area contributed by atoms with Crippen LogP contribution in [0, 0.1) is 0 Å². The maximum absolute atomic E-state index is 3.57. The molecule has 2 nitrogen and oxygen atoms in total. The van der Waals surface area contributed by atoms with Crippen molar-refractivity contribution in [2.45, 2.75) is 31.7 Å². The Morgan fingerprint density at radius 3 is 1.87 bits per heavy atom. The molecule has 1 saturated heterocycles. The topological polar surface area (TPSA) is 15.3 Å². The minimum Gasteiger partial charge on any atom is -0.317 e. The number of benzene rings is 2. The second kappa shape index (κ2) is 8.85. The van der Waals surface area contributed by atoms with Gasteiger partial charge in [-0.25, -0.2) is 0 Å². The van der Waals surface area contributed by atoms with Crippen LogP contribution < -0.4 is 5.32 Å². The van der Waals surface area contributed by atoms with Crippen molar-refractivity contribution in [3.63, 3.8) is 0 Å². The first-order valence-corrected chi connectivity index (χ1v) is 9.00. The van der Waals surface area contributed by atoms with Crippen LogP contribution in [0.15, 0.2) is 60.7 Å². The molecule has 0 amide bonds. The van der Waals surface area contributed by atoms with Crippen molar-refractivity contribution in [2.75, 3.05) is 26.2 Å². The number of hydrogen-bond donors (Lipinski definition) is 1. The summed E-state index contributed by atoms with van der Waals surface area (Å²) in [6, 6.07) is 22.3. The standard InChI is InChI=1S/C21H28N2/c1-4-11-19(12-5-1)21(20-13-6-2-7-14-20)23-17-9-3-8-15-22-16-10-18-23/h1-2,4-7,11-14,21-22H,3,8-10,15-18H2. The molecule has 1 aliphatic rings. The van der Waals surface area contributed by atoms with Gasteiger partial charge in [-0.15, -0.1) is 0 Å². The smallest absolute Gasteiger partial charge is 0.0601 e. The van der Waals surface area contributed by atoms with Crippen molar-refractivity contribution in [1.82, 2.24) is 10.2 Å². The lowest BCUT2D eigenvalue weighted by atomic mass is 9.96. The van der Waals surface area contributed by atoms with E-state index in [-0.39, 0.29) is 0 Å². The van der Waals surface area contributed by atoms with Gasteiger partial charge in [0.25, 0.3) is 0 Å². The first kappa shape index (κ1) is 16.2. The van der Waals surface area contributed by atoms with Gasteiger partial charge in [-0.05, 0) is 50.0 Å². The zero-order valence-electron chi connectivity index (χ0n) is 14.0. The third-order valence-electron chi connectivity index (χ3n) is 4.69. The van der Waals surface area contributed by atoms with Crippen LogP contribution >= 0.6 is 0 Å². The molecule has 1 heterocycles. The summed E-state index contributed by atoms with van der Waals surface area (Å²) in [5.41, 5.74) is 2.81. The molecule has 0 spiro atoms. The summed E-state index contributed by atoms with van der Waals surface area (Å²) < 4.78 is 0. The molecule has 0 unspecified atom stereocenters. The summed E-state index contributed by atoms with van der Waals surface area (Å²) in [4.78, 5) is 2.68. The van der Waals surface area contributed by atoms with Crippen molar-refractivity contribution in [2.24, 2.45) is 0 Å². The summed E-state index contributed by atoms with van der Waals surface area (Å²) >= 11 is 0. The van der Waals surface area contributed by atoms with Gasteiger partial charge < -0.3 is 5.32 Å². The molecule has 1 fully saturated rings. The molecule has 3 rings (SSSR count). The molecule has 2 aromatic carbocycles. The Balaban J connectivity index is 1.86. The molecule has 122 valence electrons. The molecule has 1 aliphatic heterocycles. The molecule has 0 aliphatic carbocycles. The highest BCUT2D eigenvalue weighted by Gasteiger charge is 2.21. The fraction of sp³-hybridized carbons (Fsp3) is 0.429. The predicted octanol–water partition coefficient (Wildman–Crippen LogP) is 4.24. The second-order valence-electron chi connectivity index (χ2n) is 6.42. The first-order valence-electron chi connectivity index (χ1n) is 9.00. The van der Waals surface area contributed by atoms with E-state index in [4.69, 9.17) is 0 Å².